The summed E-state index contributed by atoms with van der Waals surface area (Å²) in [5.41, 5.74) is 0. The normalized spacial score (nSPS) is 16.6. The number of carbonyl (C=O) groups is 1. The molecule has 16 heavy (non-hydrogen) atoms. The number of hydrogen-bond acceptors (Lipinski definition) is 2. The van der Waals surface area contributed by atoms with Gasteiger partial charge in [-0.3, -0.25) is 4.79 Å². The van der Waals surface area contributed by atoms with E-state index in [1.165, 1.54) is 44.9 Å². The molecule has 0 radical (unpaired) electrons. The number of rotatable bonds is 8. The summed E-state index contributed by atoms with van der Waals surface area (Å²) in [5.74, 6) is 0.816. The molecule has 0 heterocycles. The van der Waals surface area contributed by atoms with Gasteiger partial charge < -0.3 is 4.74 Å². The molecule has 0 aromatic carbocycles. The van der Waals surface area contributed by atoms with Gasteiger partial charge in [0.1, 0.15) is 0 Å². The highest BCUT2D eigenvalue weighted by Crippen LogP contribution is 2.28. The highest BCUT2D eigenvalue weighted by Gasteiger charge is 2.16. The number of esters is 1. The topological polar surface area (TPSA) is 26.3 Å². The average Bonchev–Trinajstić information content (AvgIpc) is 2.79. The first-order chi connectivity index (χ1) is 7.83. The van der Waals surface area contributed by atoms with Crippen LogP contribution in [0.1, 0.15) is 71.1 Å². The molecule has 2 nitrogen and oxygen atoms in total. The van der Waals surface area contributed by atoms with Gasteiger partial charge in [-0.1, -0.05) is 51.9 Å². The lowest BCUT2D eigenvalue weighted by atomic mass is 10.0. The molecule has 2 heteroatoms. The van der Waals surface area contributed by atoms with Gasteiger partial charge in [0, 0.05) is 6.42 Å². The molecular formula is C14H26O2. The van der Waals surface area contributed by atoms with Crippen molar-refractivity contribution in [3.8, 4) is 0 Å². The molecule has 0 saturated heterocycles. The second-order valence-electron chi connectivity index (χ2n) is 4.97. The van der Waals surface area contributed by atoms with Gasteiger partial charge in [0.2, 0.25) is 0 Å². The number of carbonyl (C=O) groups excluding carboxylic acids is 1. The Hall–Kier alpha value is -0.530. The van der Waals surface area contributed by atoms with Crippen molar-refractivity contribution in [2.75, 3.05) is 6.61 Å². The van der Waals surface area contributed by atoms with Crippen molar-refractivity contribution in [3.05, 3.63) is 0 Å². The zero-order valence-electron chi connectivity index (χ0n) is 10.7. The third kappa shape index (κ3) is 6.14. The van der Waals surface area contributed by atoms with Crippen molar-refractivity contribution in [2.24, 2.45) is 5.92 Å². The minimum atomic E-state index is 0.0170. The van der Waals surface area contributed by atoms with E-state index in [1.54, 1.807) is 0 Å². The van der Waals surface area contributed by atoms with Crippen LogP contribution in [0.5, 0.6) is 0 Å². The lowest BCUT2D eigenvalue weighted by Crippen LogP contribution is -2.07. The molecule has 1 saturated carbocycles. The van der Waals surface area contributed by atoms with Crippen LogP contribution >= 0.6 is 0 Å². The smallest absolute Gasteiger partial charge is 0.305 e. The maximum atomic E-state index is 11.4. The lowest BCUT2D eigenvalue weighted by molar-refractivity contribution is -0.144. The van der Waals surface area contributed by atoms with Gasteiger partial charge in [-0.2, -0.15) is 0 Å². The van der Waals surface area contributed by atoms with Crippen molar-refractivity contribution >= 4 is 5.97 Å². The molecule has 0 aromatic rings. The minimum Gasteiger partial charge on any atom is -0.466 e. The molecule has 1 aliphatic carbocycles. The van der Waals surface area contributed by atoms with Crippen LogP contribution in [0, 0.1) is 5.92 Å². The number of ether oxygens (including phenoxy) is 1. The summed E-state index contributed by atoms with van der Waals surface area (Å²) < 4.78 is 5.21. The molecule has 0 aromatic heterocycles. The van der Waals surface area contributed by atoms with Gasteiger partial charge in [0.15, 0.2) is 0 Å². The fourth-order valence-electron chi connectivity index (χ4n) is 2.41. The van der Waals surface area contributed by atoms with E-state index >= 15 is 0 Å². The van der Waals surface area contributed by atoms with Crippen LogP contribution in [0.4, 0.5) is 0 Å². The van der Waals surface area contributed by atoms with Crippen LogP contribution in [-0.2, 0) is 9.53 Å². The maximum absolute atomic E-state index is 11.4. The van der Waals surface area contributed by atoms with E-state index in [-0.39, 0.29) is 5.97 Å². The Kier molecular flexibility index (Phi) is 7.28. The molecule has 0 amide bonds. The average molecular weight is 226 g/mol. The Morgan fingerprint density at radius 3 is 2.62 bits per heavy atom. The van der Waals surface area contributed by atoms with Crippen molar-refractivity contribution in [1.82, 2.24) is 0 Å². The molecule has 0 unspecified atom stereocenters. The molecule has 0 atom stereocenters. The van der Waals surface area contributed by atoms with Gasteiger partial charge in [0.05, 0.1) is 6.61 Å². The zero-order valence-corrected chi connectivity index (χ0v) is 10.7. The predicted octanol–water partition coefficient (Wildman–Crippen LogP) is 4.08. The molecule has 0 bridgehead atoms. The Balaban J connectivity index is 1.90. The fourth-order valence-corrected chi connectivity index (χ4v) is 2.41. The third-order valence-electron chi connectivity index (χ3n) is 3.49. The second kappa shape index (κ2) is 8.60. The first-order valence-electron chi connectivity index (χ1n) is 6.98. The van der Waals surface area contributed by atoms with Crippen molar-refractivity contribution in [2.45, 2.75) is 71.1 Å². The Morgan fingerprint density at radius 2 is 1.94 bits per heavy atom. The molecule has 1 fully saturated rings. The van der Waals surface area contributed by atoms with Crippen molar-refractivity contribution in [3.63, 3.8) is 0 Å². The van der Waals surface area contributed by atoms with Crippen LogP contribution in [0.25, 0.3) is 0 Å². The Bertz CT molecular complexity index is 183. The summed E-state index contributed by atoms with van der Waals surface area (Å²) >= 11 is 0. The summed E-state index contributed by atoms with van der Waals surface area (Å²) in [5, 5.41) is 0. The van der Waals surface area contributed by atoms with Crippen LogP contribution < -0.4 is 0 Å². The van der Waals surface area contributed by atoms with Crippen LogP contribution in [0.3, 0.4) is 0 Å². The first-order valence-corrected chi connectivity index (χ1v) is 6.98. The summed E-state index contributed by atoms with van der Waals surface area (Å²) in [6, 6.07) is 0. The van der Waals surface area contributed by atoms with Gasteiger partial charge in [-0.05, 0) is 18.8 Å². The largest absolute Gasteiger partial charge is 0.466 e. The van der Waals surface area contributed by atoms with Crippen LogP contribution in [0.15, 0.2) is 0 Å². The quantitative estimate of drug-likeness (QED) is 0.460. The summed E-state index contributed by atoms with van der Waals surface area (Å²) in [6.45, 7) is 2.82. The summed E-state index contributed by atoms with van der Waals surface area (Å²) in [6.07, 6.45) is 11.7. The number of unbranched alkanes of at least 4 members (excludes halogenated alkanes) is 3. The lowest BCUT2D eigenvalue weighted by Gasteiger charge is -2.08. The minimum absolute atomic E-state index is 0.0170. The molecule has 94 valence electrons. The summed E-state index contributed by atoms with van der Waals surface area (Å²) in [4.78, 5) is 11.4. The predicted molar refractivity (Wildman–Crippen MR) is 66.3 cm³/mol. The van der Waals surface area contributed by atoms with Crippen molar-refractivity contribution in [1.29, 1.82) is 0 Å². The molecule has 0 N–H and O–H groups in total. The van der Waals surface area contributed by atoms with E-state index < -0.39 is 0 Å². The van der Waals surface area contributed by atoms with Gasteiger partial charge >= 0.3 is 5.97 Å². The zero-order chi connectivity index (χ0) is 11.6. The summed E-state index contributed by atoms with van der Waals surface area (Å²) in [7, 11) is 0. The Labute approximate surface area is 99.8 Å². The number of hydrogen-bond donors (Lipinski definition) is 0. The standard InChI is InChI=1S/C14H26O2/c1-2-3-4-7-12-16-14(15)11-10-13-8-5-6-9-13/h13H,2-12H2,1H3. The van der Waals surface area contributed by atoms with E-state index in [1.807, 2.05) is 0 Å². The van der Waals surface area contributed by atoms with Gasteiger partial charge in [-0.15, -0.1) is 0 Å². The van der Waals surface area contributed by atoms with E-state index in [2.05, 4.69) is 6.92 Å². The SMILES string of the molecule is CCCCCCOC(=O)CCC1CCCC1. The van der Waals surface area contributed by atoms with Gasteiger partial charge in [0.25, 0.3) is 0 Å². The van der Waals surface area contributed by atoms with E-state index in [0.29, 0.717) is 13.0 Å². The molecule has 0 spiro atoms. The monoisotopic (exact) mass is 226 g/mol. The van der Waals surface area contributed by atoms with Crippen molar-refractivity contribution < 1.29 is 9.53 Å². The van der Waals surface area contributed by atoms with E-state index in [9.17, 15) is 4.79 Å². The van der Waals surface area contributed by atoms with E-state index in [4.69, 9.17) is 4.74 Å². The Morgan fingerprint density at radius 1 is 1.19 bits per heavy atom. The third-order valence-corrected chi connectivity index (χ3v) is 3.49. The highest BCUT2D eigenvalue weighted by atomic mass is 16.5. The maximum Gasteiger partial charge on any atom is 0.305 e. The molecule has 1 rings (SSSR count). The molecule has 0 aliphatic heterocycles. The van der Waals surface area contributed by atoms with Crippen LogP contribution in [-0.4, -0.2) is 12.6 Å². The molecule has 1 aliphatic rings. The second-order valence-corrected chi connectivity index (χ2v) is 4.97. The van der Waals surface area contributed by atoms with E-state index in [0.717, 1.165) is 18.8 Å². The van der Waals surface area contributed by atoms with Gasteiger partial charge in [-0.25, -0.2) is 0 Å². The van der Waals surface area contributed by atoms with Crippen LogP contribution in [0.2, 0.25) is 0 Å². The highest BCUT2D eigenvalue weighted by molar-refractivity contribution is 5.69. The fraction of sp³-hybridized carbons (Fsp3) is 0.929. The first kappa shape index (κ1) is 13.5. The molecular weight excluding hydrogens is 200 g/mol.